The number of carbonyl (C=O) groups is 1. The molecule has 1 aliphatic carbocycles. The molecule has 9 heteroatoms. The molecule has 0 spiro atoms. The van der Waals surface area contributed by atoms with Crippen LogP contribution < -0.4 is 5.32 Å². The number of fused-ring (bicyclic) bond motifs is 2. The van der Waals surface area contributed by atoms with Crippen molar-refractivity contribution >= 4 is 22.6 Å². The molecule has 1 aliphatic rings. The van der Waals surface area contributed by atoms with Gasteiger partial charge >= 0.3 is 5.69 Å². The highest BCUT2D eigenvalue weighted by Gasteiger charge is 2.26. The normalized spacial score (nSPS) is 15.1. The first-order valence-electron chi connectivity index (χ1n) is 10.7. The van der Waals surface area contributed by atoms with Crippen molar-refractivity contribution < 1.29 is 18.5 Å². The lowest BCUT2D eigenvalue weighted by atomic mass is 9.90. The summed E-state index contributed by atoms with van der Waals surface area (Å²) >= 11 is 0. The third kappa shape index (κ3) is 4.07. The summed E-state index contributed by atoms with van der Waals surface area (Å²) in [6.45, 7) is 0. The van der Waals surface area contributed by atoms with Crippen molar-refractivity contribution in [3.8, 4) is 11.1 Å². The van der Waals surface area contributed by atoms with Crippen molar-refractivity contribution in [2.45, 2.75) is 25.3 Å². The SMILES string of the molecule is O=C(N[C@@H]1CCc2nc3ncc(-c4ccccc4)cc3cc2C1)c1cc(F)c([N+](=O)[O-])cc1F. The van der Waals surface area contributed by atoms with E-state index in [4.69, 9.17) is 0 Å². The van der Waals surface area contributed by atoms with Crippen LogP contribution in [0.2, 0.25) is 0 Å². The molecule has 5 rings (SSSR count). The Morgan fingerprint density at radius 1 is 1.06 bits per heavy atom. The lowest BCUT2D eigenvalue weighted by Crippen LogP contribution is -2.39. The second-order valence-corrected chi connectivity index (χ2v) is 8.18. The Hall–Kier alpha value is -4.27. The number of hydrogen-bond acceptors (Lipinski definition) is 5. The third-order valence-electron chi connectivity index (χ3n) is 5.95. The van der Waals surface area contributed by atoms with Crippen LogP contribution in [0.1, 0.15) is 28.0 Å². The van der Waals surface area contributed by atoms with Crippen molar-refractivity contribution in [3.63, 3.8) is 0 Å². The highest BCUT2D eigenvalue weighted by molar-refractivity contribution is 5.95. The Balaban J connectivity index is 1.38. The summed E-state index contributed by atoms with van der Waals surface area (Å²) in [4.78, 5) is 31.5. The van der Waals surface area contributed by atoms with Crippen LogP contribution in [0.5, 0.6) is 0 Å². The molecule has 0 fully saturated rings. The first-order valence-corrected chi connectivity index (χ1v) is 10.7. The lowest BCUT2D eigenvalue weighted by Gasteiger charge is -2.25. The van der Waals surface area contributed by atoms with Crippen LogP contribution in [0.15, 0.2) is 60.8 Å². The molecule has 170 valence electrons. The van der Waals surface area contributed by atoms with E-state index in [1.165, 1.54) is 0 Å². The van der Waals surface area contributed by atoms with Gasteiger partial charge in [0.1, 0.15) is 5.82 Å². The summed E-state index contributed by atoms with van der Waals surface area (Å²) in [6.07, 6.45) is 3.42. The van der Waals surface area contributed by atoms with E-state index >= 15 is 0 Å². The van der Waals surface area contributed by atoms with Crippen molar-refractivity contribution in [3.05, 3.63) is 99.4 Å². The van der Waals surface area contributed by atoms with Crippen molar-refractivity contribution in [1.29, 1.82) is 0 Å². The van der Waals surface area contributed by atoms with E-state index in [9.17, 15) is 23.7 Å². The van der Waals surface area contributed by atoms with Gasteiger partial charge in [-0.1, -0.05) is 30.3 Å². The molecule has 0 bridgehead atoms. The highest BCUT2D eigenvalue weighted by atomic mass is 19.1. The summed E-state index contributed by atoms with van der Waals surface area (Å²) in [5.41, 5.74) is 2.91. The molecule has 0 unspecified atom stereocenters. The second kappa shape index (κ2) is 8.58. The van der Waals surface area contributed by atoms with Crippen molar-refractivity contribution in [2.75, 3.05) is 0 Å². The van der Waals surface area contributed by atoms with Crippen molar-refractivity contribution in [1.82, 2.24) is 15.3 Å². The summed E-state index contributed by atoms with van der Waals surface area (Å²) in [7, 11) is 0. The topological polar surface area (TPSA) is 98.0 Å². The first kappa shape index (κ1) is 21.6. The minimum Gasteiger partial charge on any atom is -0.349 e. The molecule has 1 N–H and O–H groups in total. The zero-order valence-corrected chi connectivity index (χ0v) is 17.8. The van der Waals surface area contributed by atoms with E-state index in [0.717, 1.165) is 27.8 Å². The largest absolute Gasteiger partial charge is 0.349 e. The average Bonchev–Trinajstić information content (AvgIpc) is 2.84. The van der Waals surface area contributed by atoms with Crippen LogP contribution in [0.25, 0.3) is 22.2 Å². The minimum atomic E-state index is -1.26. The number of rotatable bonds is 4. The van der Waals surface area contributed by atoms with E-state index in [-0.39, 0.29) is 6.04 Å². The molecule has 0 radical (unpaired) electrons. The Morgan fingerprint density at radius 2 is 1.85 bits per heavy atom. The molecule has 2 aromatic heterocycles. The molecule has 34 heavy (non-hydrogen) atoms. The Bertz CT molecular complexity index is 1440. The number of nitro benzene ring substituents is 1. The maximum Gasteiger partial charge on any atom is 0.307 e. The van der Waals surface area contributed by atoms with Crippen LogP contribution in [-0.2, 0) is 12.8 Å². The van der Waals surface area contributed by atoms with Gasteiger partial charge in [-0.3, -0.25) is 14.9 Å². The van der Waals surface area contributed by atoms with Crippen molar-refractivity contribution in [2.24, 2.45) is 0 Å². The van der Waals surface area contributed by atoms with E-state index in [1.54, 1.807) is 6.20 Å². The fourth-order valence-electron chi connectivity index (χ4n) is 4.24. The number of nitro groups is 1. The van der Waals surface area contributed by atoms with Gasteiger partial charge in [-0.15, -0.1) is 0 Å². The van der Waals surface area contributed by atoms with Crippen LogP contribution in [-0.4, -0.2) is 26.8 Å². The Labute approximate surface area is 192 Å². The number of nitrogens with zero attached hydrogens (tertiary/aromatic N) is 3. The maximum atomic E-state index is 14.2. The molecule has 4 aromatic rings. The average molecular weight is 460 g/mol. The molecular formula is C25H18F2N4O3. The maximum absolute atomic E-state index is 14.2. The van der Waals surface area contributed by atoms with Gasteiger partial charge in [0.2, 0.25) is 5.82 Å². The van der Waals surface area contributed by atoms with E-state index in [1.807, 2.05) is 42.5 Å². The Morgan fingerprint density at radius 3 is 2.62 bits per heavy atom. The van der Waals surface area contributed by atoms with Gasteiger partial charge in [-0.2, -0.15) is 4.39 Å². The molecule has 1 atom stereocenters. The monoisotopic (exact) mass is 460 g/mol. The number of nitrogens with one attached hydrogen (secondary N) is 1. The van der Waals surface area contributed by atoms with Gasteiger partial charge in [0, 0.05) is 28.9 Å². The van der Waals surface area contributed by atoms with Crippen LogP contribution in [0.3, 0.4) is 0 Å². The fourth-order valence-corrected chi connectivity index (χ4v) is 4.24. The zero-order chi connectivity index (χ0) is 23.8. The lowest BCUT2D eigenvalue weighted by molar-refractivity contribution is -0.387. The molecule has 7 nitrogen and oxygen atoms in total. The minimum absolute atomic E-state index is 0.317. The molecule has 0 aliphatic heterocycles. The van der Waals surface area contributed by atoms with Crippen LogP contribution in [0.4, 0.5) is 14.5 Å². The highest BCUT2D eigenvalue weighted by Crippen LogP contribution is 2.27. The quantitative estimate of drug-likeness (QED) is 0.349. The van der Waals surface area contributed by atoms with E-state index in [2.05, 4.69) is 15.3 Å². The molecule has 2 heterocycles. The van der Waals surface area contributed by atoms with E-state index < -0.39 is 33.7 Å². The number of halogens is 2. The van der Waals surface area contributed by atoms with Gasteiger partial charge in [-0.05, 0) is 48.6 Å². The number of amides is 1. The van der Waals surface area contributed by atoms with E-state index in [0.29, 0.717) is 37.0 Å². The van der Waals surface area contributed by atoms with Crippen LogP contribution in [0, 0.1) is 21.7 Å². The predicted molar refractivity (Wildman–Crippen MR) is 121 cm³/mol. The number of carbonyl (C=O) groups excluding carboxylic acids is 1. The smallest absolute Gasteiger partial charge is 0.307 e. The number of aromatic nitrogens is 2. The number of aryl methyl sites for hydroxylation is 1. The molecule has 0 saturated carbocycles. The van der Waals surface area contributed by atoms with Crippen LogP contribution >= 0.6 is 0 Å². The Kier molecular flexibility index (Phi) is 5.45. The molecule has 1 amide bonds. The van der Waals surface area contributed by atoms with Gasteiger partial charge < -0.3 is 5.32 Å². The molecule has 2 aromatic carbocycles. The second-order valence-electron chi connectivity index (χ2n) is 8.18. The molecule has 0 saturated heterocycles. The number of benzene rings is 2. The first-order chi connectivity index (χ1) is 16.4. The number of pyridine rings is 2. The summed E-state index contributed by atoms with van der Waals surface area (Å²) < 4.78 is 28.2. The zero-order valence-electron chi connectivity index (χ0n) is 17.8. The van der Waals surface area contributed by atoms with Gasteiger partial charge in [-0.25, -0.2) is 14.4 Å². The third-order valence-corrected chi connectivity index (χ3v) is 5.95. The summed E-state index contributed by atoms with van der Waals surface area (Å²) in [5, 5.41) is 14.4. The van der Waals surface area contributed by atoms with Gasteiger partial charge in [0.25, 0.3) is 5.91 Å². The number of hydrogen-bond donors (Lipinski definition) is 1. The molecular weight excluding hydrogens is 442 g/mol. The summed E-state index contributed by atoms with van der Waals surface area (Å²) in [6, 6.07) is 14.5. The summed E-state index contributed by atoms with van der Waals surface area (Å²) in [5.74, 6) is -3.22. The fraction of sp³-hybridized carbons (Fsp3) is 0.160. The standard InChI is InChI=1S/C25H18F2N4O3/c26-20-12-23(31(33)34)21(27)11-19(20)25(32)29-18-6-7-22-15(10-18)8-16-9-17(13-28-24(16)30-22)14-4-2-1-3-5-14/h1-5,8-9,11-13,18H,6-7,10H2,(H,29,32)/t18-/m1/s1. The van der Waals surface area contributed by atoms with Gasteiger partial charge in [0.15, 0.2) is 5.65 Å². The predicted octanol–water partition coefficient (Wildman–Crippen LogP) is 4.77. The van der Waals surface area contributed by atoms with Gasteiger partial charge in [0.05, 0.1) is 16.6 Å².